The number of ketones is 2. The third-order valence-electron chi connectivity index (χ3n) is 15.5. The van der Waals surface area contributed by atoms with E-state index in [9.17, 15) is 38.0 Å². The summed E-state index contributed by atoms with van der Waals surface area (Å²) in [5.41, 5.74) is 2.36. The summed E-state index contributed by atoms with van der Waals surface area (Å²) in [7, 11) is 1.54. The average molecular weight is 1030 g/mol. The number of likely N-dealkylation sites (N-methyl/N-ethyl adjacent to an activating group) is 1. The van der Waals surface area contributed by atoms with Crippen LogP contribution >= 0.6 is 11.3 Å². The molecule has 20 heteroatoms. The van der Waals surface area contributed by atoms with Crippen molar-refractivity contribution in [1.82, 2.24) is 44.5 Å². The Morgan fingerprint density at radius 2 is 1.55 bits per heavy atom. The number of Topliss-reactive ketones (excluding diaryl/α,β-unsaturated/α-hetero) is 1. The van der Waals surface area contributed by atoms with Gasteiger partial charge in [0.1, 0.15) is 40.1 Å². The van der Waals surface area contributed by atoms with E-state index in [1.807, 2.05) is 12.1 Å². The zero-order valence-electron chi connectivity index (χ0n) is 42.5. The standard InChI is InChI=1S/C54H64FN11O7S/c1-32-40-30-57-54(61-49(40)66(38-13-8-9-14-38)52(72)46(32)34(3)67)59-43-21-20-39(29-56-43)63-25-27-64(28-26-63)45(69)23-22-44(68)62(4)33(2)50(71)60-47(35-11-6-5-7-12-35)53(73)65-24-10-15-42(65)51-58-41(31-74-51)48(70)36-16-18-37(55)19-17-36/h16-21,29-31,33,35,38,42,47H,5-15,22-28H2,1-4H3,(H,60,71)(H,56,57,59,61)/t33?,42?,47-/m0/s1. The molecule has 3 atom stereocenters. The van der Waals surface area contributed by atoms with Crippen molar-refractivity contribution in [1.29, 1.82) is 0 Å². The molecule has 0 spiro atoms. The number of thiazole rings is 1. The molecule has 2 saturated heterocycles. The van der Waals surface area contributed by atoms with E-state index in [2.05, 4.69) is 30.5 Å². The summed E-state index contributed by atoms with van der Waals surface area (Å²) < 4.78 is 15.2. The zero-order valence-corrected chi connectivity index (χ0v) is 43.3. The van der Waals surface area contributed by atoms with Gasteiger partial charge in [-0.25, -0.2) is 19.3 Å². The number of anilines is 3. The average Bonchev–Trinajstić information content (AvgIpc) is 4.24. The van der Waals surface area contributed by atoms with Crippen molar-refractivity contribution in [3.8, 4) is 0 Å². The molecule has 2 unspecified atom stereocenters. The van der Waals surface area contributed by atoms with Crippen molar-refractivity contribution in [2.24, 2.45) is 5.92 Å². The molecule has 0 bridgehead atoms. The second-order valence-electron chi connectivity index (χ2n) is 20.2. The van der Waals surface area contributed by atoms with Crippen molar-refractivity contribution in [3.63, 3.8) is 0 Å². The maximum Gasteiger partial charge on any atom is 0.263 e. The van der Waals surface area contributed by atoms with Gasteiger partial charge in [-0.1, -0.05) is 32.1 Å². The lowest BCUT2D eigenvalue weighted by Crippen LogP contribution is -2.56. The Morgan fingerprint density at radius 3 is 2.24 bits per heavy atom. The fourth-order valence-corrected chi connectivity index (χ4v) is 12.1. The minimum Gasteiger partial charge on any atom is -0.367 e. The largest absolute Gasteiger partial charge is 0.367 e. The van der Waals surface area contributed by atoms with E-state index in [-0.39, 0.29) is 82.9 Å². The number of benzene rings is 1. The van der Waals surface area contributed by atoms with Gasteiger partial charge in [-0.15, -0.1) is 11.3 Å². The number of rotatable bonds is 16. The topological polar surface area (TPSA) is 213 Å². The summed E-state index contributed by atoms with van der Waals surface area (Å²) in [5, 5.41) is 9.18. The summed E-state index contributed by atoms with van der Waals surface area (Å²) in [4.78, 5) is 120. The number of fused-ring (bicyclic) bond motifs is 1. The fraction of sp³-hybridized carbons (Fsp3) is 0.500. The Labute approximate surface area is 433 Å². The van der Waals surface area contributed by atoms with Gasteiger partial charge in [0.15, 0.2) is 5.78 Å². The molecule has 5 aromatic rings. The first-order valence-corrected chi connectivity index (χ1v) is 26.9. The number of halogens is 1. The maximum atomic E-state index is 14.5. The number of likely N-dealkylation sites (tertiary alicyclic amines) is 1. The highest BCUT2D eigenvalue weighted by atomic mass is 32.1. The Hall–Kier alpha value is -6.96. The molecule has 6 heterocycles. The van der Waals surface area contributed by atoms with Gasteiger partial charge in [0.25, 0.3) is 5.56 Å². The summed E-state index contributed by atoms with van der Waals surface area (Å²) in [6.07, 6.45) is 12.9. The molecule has 4 fully saturated rings. The predicted octanol–water partition coefficient (Wildman–Crippen LogP) is 7.09. The number of pyridine rings is 2. The van der Waals surface area contributed by atoms with E-state index < -0.39 is 23.8 Å². The number of carbonyl (C=O) groups is 6. The summed E-state index contributed by atoms with van der Waals surface area (Å²) in [6.45, 7) is 7.29. The van der Waals surface area contributed by atoms with Gasteiger partial charge in [0.2, 0.25) is 35.4 Å². The molecule has 2 saturated carbocycles. The van der Waals surface area contributed by atoms with Crippen LogP contribution in [-0.4, -0.2) is 126 Å². The predicted molar refractivity (Wildman–Crippen MR) is 278 cm³/mol. The number of nitrogens with zero attached hydrogens (tertiary/aromatic N) is 9. The highest BCUT2D eigenvalue weighted by Crippen LogP contribution is 2.37. The van der Waals surface area contributed by atoms with E-state index in [0.29, 0.717) is 72.1 Å². The lowest BCUT2D eigenvalue weighted by atomic mass is 9.83. The second kappa shape index (κ2) is 22.7. The van der Waals surface area contributed by atoms with Gasteiger partial charge in [-0.3, -0.25) is 38.1 Å². The van der Waals surface area contributed by atoms with Crippen LogP contribution < -0.4 is 21.1 Å². The quantitative estimate of drug-likeness (QED) is 0.0947. The molecular weight excluding hydrogens is 966 g/mol. The monoisotopic (exact) mass is 1030 g/mol. The van der Waals surface area contributed by atoms with Crippen molar-refractivity contribution >= 4 is 75.0 Å². The molecule has 390 valence electrons. The van der Waals surface area contributed by atoms with Gasteiger partial charge in [-0.2, -0.15) is 4.98 Å². The Bertz CT molecular complexity index is 2980. The number of nitrogens with one attached hydrogen (secondary N) is 2. The van der Waals surface area contributed by atoms with Crippen LogP contribution in [0.25, 0.3) is 11.0 Å². The highest BCUT2D eigenvalue weighted by molar-refractivity contribution is 7.10. The fourth-order valence-electron chi connectivity index (χ4n) is 11.1. The van der Waals surface area contributed by atoms with Gasteiger partial charge >= 0.3 is 0 Å². The zero-order chi connectivity index (χ0) is 52.2. The number of aromatic nitrogens is 5. The van der Waals surface area contributed by atoms with E-state index in [4.69, 9.17) is 4.98 Å². The summed E-state index contributed by atoms with van der Waals surface area (Å²) in [6, 6.07) is 6.94. The highest BCUT2D eigenvalue weighted by Gasteiger charge is 2.41. The SMILES string of the molecule is CC(=O)c1c(C)c2cnc(Nc3ccc(N4CCN(C(=O)CCC(=O)N(C)C(C)C(=O)N[C@H](C(=O)N5CCCC5c5nc(C(=O)c6ccc(F)cc6)cs5)C5CCCCC5)CC4)cn3)nc2n(C2CCCC2)c1=O. The maximum absolute atomic E-state index is 14.5. The lowest BCUT2D eigenvalue weighted by Gasteiger charge is -2.36. The molecular formula is C54H64FN11O7S. The van der Waals surface area contributed by atoms with Crippen LogP contribution in [0, 0.1) is 18.7 Å². The lowest BCUT2D eigenvalue weighted by molar-refractivity contribution is -0.143. The minimum atomic E-state index is -0.907. The molecule has 18 nitrogen and oxygen atoms in total. The first-order chi connectivity index (χ1) is 35.7. The Balaban J connectivity index is 0.761. The smallest absolute Gasteiger partial charge is 0.263 e. The van der Waals surface area contributed by atoms with Crippen molar-refractivity contribution in [3.05, 3.63) is 97.7 Å². The van der Waals surface area contributed by atoms with Crippen molar-refractivity contribution < 1.29 is 33.2 Å². The number of aryl methyl sites for hydroxylation is 1. The van der Waals surface area contributed by atoms with E-state index in [1.54, 1.807) is 53.0 Å². The molecule has 1 aromatic carbocycles. The number of hydrogen-bond acceptors (Lipinski definition) is 14. The van der Waals surface area contributed by atoms with E-state index in [0.717, 1.165) is 69.9 Å². The molecule has 4 aromatic heterocycles. The molecule has 2 N–H and O–H groups in total. The van der Waals surface area contributed by atoms with Crippen molar-refractivity contribution in [2.45, 2.75) is 128 Å². The van der Waals surface area contributed by atoms with Crippen LogP contribution in [-0.2, 0) is 19.2 Å². The molecule has 2 aliphatic heterocycles. The number of amides is 4. The minimum absolute atomic E-state index is 0.0159. The second-order valence-corrected chi connectivity index (χ2v) is 21.0. The molecule has 0 radical (unpaired) electrons. The number of piperazine rings is 1. The summed E-state index contributed by atoms with van der Waals surface area (Å²) >= 11 is 1.31. The number of carbonyl (C=O) groups excluding carboxylic acids is 6. The number of hydrogen-bond donors (Lipinski definition) is 2. The van der Waals surface area contributed by atoms with Gasteiger partial charge in [-0.05, 0) is 107 Å². The van der Waals surface area contributed by atoms with Gasteiger partial charge in [0.05, 0.1) is 23.5 Å². The van der Waals surface area contributed by atoms with Crippen LogP contribution in [0.2, 0.25) is 0 Å². The van der Waals surface area contributed by atoms with Crippen LogP contribution in [0.15, 0.2) is 59.0 Å². The molecule has 74 heavy (non-hydrogen) atoms. The molecule has 4 amide bonds. The van der Waals surface area contributed by atoms with Crippen LogP contribution in [0.4, 0.5) is 21.8 Å². The third-order valence-corrected chi connectivity index (χ3v) is 16.5. The summed E-state index contributed by atoms with van der Waals surface area (Å²) in [5.74, 6) is -1.50. The van der Waals surface area contributed by atoms with Crippen LogP contribution in [0.1, 0.15) is 146 Å². The van der Waals surface area contributed by atoms with Gasteiger partial charge in [0, 0.05) is 81.2 Å². The van der Waals surface area contributed by atoms with E-state index in [1.165, 1.54) is 47.4 Å². The molecule has 9 rings (SSSR count). The Kier molecular flexibility index (Phi) is 15.9. The van der Waals surface area contributed by atoms with Crippen LogP contribution in [0.5, 0.6) is 0 Å². The Morgan fingerprint density at radius 1 is 0.838 bits per heavy atom. The van der Waals surface area contributed by atoms with Gasteiger partial charge < -0.3 is 30.2 Å². The van der Waals surface area contributed by atoms with E-state index >= 15 is 0 Å². The van der Waals surface area contributed by atoms with Crippen LogP contribution in [0.3, 0.4) is 0 Å². The third kappa shape index (κ3) is 11.1. The molecule has 4 aliphatic rings. The molecule has 2 aliphatic carbocycles. The first kappa shape index (κ1) is 51.9. The normalized spacial score (nSPS) is 18.3. The van der Waals surface area contributed by atoms with Crippen molar-refractivity contribution in [2.75, 3.05) is 50.0 Å². The first-order valence-electron chi connectivity index (χ1n) is 26.0.